The maximum Gasteiger partial charge on any atom is 2.00 e. The van der Waals surface area contributed by atoms with Gasteiger partial charge < -0.3 is 10.0 Å². The largest absolute Gasteiger partial charge is 2.00 e. The summed E-state index contributed by atoms with van der Waals surface area (Å²) < 4.78 is 0. The van der Waals surface area contributed by atoms with E-state index in [-0.39, 0.29) is 39.5 Å². The minimum absolute atomic E-state index is 0. The Kier molecular flexibility index (Phi) is 11.5. The van der Waals surface area contributed by atoms with Crippen molar-refractivity contribution in [3.8, 4) is 5.75 Å². The molecule has 6 nitrogen and oxygen atoms in total. The number of rotatable bonds is 9. The fourth-order valence-corrected chi connectivity index (χ4v) is 5.72. The molecule has 218 valence electrons. The molecule has 1 aliphatic heterocycles. The van der Waals surface area contributed by atoms with E-state index in [4.69, 9.17) is 0 Å². The first kappa shape index (κ1) is 31.2. The fraction of sp³-hybridized carbons (Fsp3) is 0.257. The van der Waals surface area contributed by atoms with E-state index in [9.17, 15) is 15.2 Å². The van der Waals surface area contributed by atoms with Crippen LogP contribution in [0.1, 0.15) is 35.6 Å². The van der Waals surface area contributed by atoms with E-state index in [2.05, 4.69) is 40.1 Å². The zero-order valence-electron chi connectivity index (χ0n) is 23.7. The minimum Gasteiger partial charge on any atom is -0.508 e. The SMILES string of the molecule is O=[N+]([O-])c1ccc(C(c2c(O)ccc3ccccc23)N2CCN(CCCC[c-]3cccc3)CC2)cc1.[Fe+2].c1cc[cH-]c1. The van der Waals surface area contributed by atoms with Crippen molar-refractivity contribution >= 4 is 16.5 Å². The number of hydrogen-bond acceptors (Lipinski definition) is 5. The van der Waals surface area contributed by atoms with Gasteiger partial charge in [0.15, 0.2) is 0 Å². The van der Waals surface area contributed by atoms with Crippen LogP contribution in [0, 0.1) is 10.1 Å². The topological polar surface area (TPSA) is 69.8 Å². The first-order chi connectivity index (χ1) is 20.1. The number of nitro groups is 1. The number of aromatic hydroxyl groups is 1. The van der Waals surface area contributed by atoms with Gasteiger partial charge in [0.1, 0.15) is 5.75 Å². The number of phenols is 1. The van der Waals surface area contributed by atoms with Crippen molar-refractivity contribution in [1.82, 2.24) is 9.80 Å². The number of nitrogens with zero attached hydrogens (tertiary/aromatic N) is 3. The molecule has 1 N–H and O–H groups in total. The molecule has 1 atom stereocenters. The van der Waals surface area contributed by atoms with E-state index in [1.807, 2.05) is 66.7 Å². The maximum absolute atomic E-state index is 11.2. The van der Waals surface area contributed by atoms with Gasteiger partial charge in [-0.15, -0.1) is 0 Å². The number of hydrogen-bond donors (Lipinski definition) is 1. The molecule has 5 aromatic rings. The maximum atomic E-state index is 11.2. The number of fused-ring (bicyclic) bond motifs is 1. The number of aryl methyl sites for hydroxylation is 1. The van der Waals surface area contributed by atoms with Crippen LogP contribution in [0.4, 0.5) is 5.69 Å². The van der Waals surface area contributed by atoms with Crippen LogP contribution in [0.2, 0.25) is 0 Å². The van der Waals surface area contributed by atoms with Gasteiger partial charge in [-0.25, -0.2) is 24.3 Å². The summed E-state index contributed by atoms with van der Waals surface area (Å²) >= 11 is 0. The summed E-state index contributed by atoms with van der Waals surface area (Å²) in [5, 5.41) is 24.4. The van der Waals surface area contributed by atoms with E-state index in [1.54, 1.807) is 18.2 Å². The van der Waals surface area contributed by atoms with Gasteiger partial charge in [0.05, 0.1) is 11.0 Å². The molecule has 0 radical (unpaired) electrons. The summed E-state index contributed by atoms with van der Waals surface area (Å²) in [4.78, 5) is 15.8. The summed E-state index contributed by atoms with van der Waals surface area (Å²) in [5.74, 6) is 0.256. The number of nitro benzene ring substituents is 1. The summed E-state index contributed by atoms with van der Waals surface area (Å²) in [7, 11) is 0. The normalized spacial score (nSPS) is 14.5. The Morgan fingerprint density at radius 3 is 2.19 bits per heavy atom. The van der Waals surface area contributed by atoms with Gasteiger partial charge in [-0.2, -0.15) is 35.9 Å². The van der Waals surface area contributed by atoms with Gasteiger partial charge >= 0.3 is 17.1 Å². The molecule has 7 heteroatoms. The average molecular weight is 604 g/mol. The number of benzene rings is 3. The van der Waals surface area contributed by atoms with E-state index in [0.717, 1.165) is 61.0 Å². The van der Waals surface area contributed by atoms with Crippen LogP contribution < -0.4 is 0 Å². The van der Waals surface area contributed by atoms with Crippen LogP contribution >= 0.6 is 0 Å². The van der Waals surface area contributed by atoms with E-state index in [1.165, 1.54) is 18.4 Å². The van der Waals surface area contributed by atoms with Crippen molar-refractivity contribution < 1.29 is 27.1 Å². The third-order valence-electron chi connectivity index (χ3n) is 7.89. The Hall–Kier alpha value is -3.74. The minimum atomic E-state index is -0.370. The van der Waals surface area contributed by atoms with Crippen molar-refractivity contribution in [2.45, 2.75) is 25.3 Å². The average Bonchev–Trinajstić information content (AvgIpc) is 3.76. The number of phenolic OH excluding ortho intramolecular Hbond substituents is 1. The van der Waals surface area contributed by atoms with Crippen LogP contribution in [0.15, 0.2) is 115 Å². The summed E-state index contributed by atoms with van der Waals surface area (Å²) in [6.07, 6.45) is 3.51. The Morgan fingerprint density at radius 2 is 1.55 bits per heavy atom. The third kappa shape index (κ3) is 7.96. The molecule has 1 aliphatic rings. The van der Waals surface area contributed by atoms with Crippen molar-refractivity contribution in [1.29, 1.82) is 0 Å². The second kappa shape index (κ2) is 15.5. The molecule has 6 rings (SSSR count). The molecule has 0 aromatic heterocycles. The molecule has 1 fully saturated rings. The van der Waals surface area contributed by atoms with Crippen molar-refractivity contribution in [3.05, 3.63) is 142 Å². The quantitative estimate of drug-likeness (QED) is 0.0630. The van der Waals surface area contributed by atoms with Crippen LogP contribution in [0.3, 0.4) is 0 Å². The predicted octanol–water partition coefficient (Wildman–Crippen LogP) is 7.31. The molecule has 42 heavy (non-hydrogen) atoms. The van der Waals surface area contributed by atoms with Crippen LogP contribution in [0.25, 0.3) is 10.8 Å². The van der Waals surface area contributed by atoms with Crippen LogP contribution in [-0.4, -0.2) is 52.6 Å². The summed E-state index contributed by atoms with van der Waals surface area (Å²) in [6.45, 7) is 4.76. The summed E-state index contributed by atoms with van der Waals surface area (Å²) in [6, 6.07) is 37.0. The first-order valence-corrected chi connectivity index (χ1v) is 14.4. The van der Waals surface area contributed by atoms with Gasteiger partial charge in [0.25, 0.3) is 5.69 Å². The smallest absolute Gasteiger partial charge is 0.508 e. The zero-order chi connectivity index (χ0) is 28.4. The molecular weight excluding hydrogens is 566 g/mol. The molecule has 1 heterocycles. The van der Waals surface area contributed by atoms with Crippen molar-refractivity contribution in [2.24, 2.45) is 0 Å². The van der Waals surface area contributed by atoms with Gasteiger partial charge in [0.2, 0.25) is 0 Å². The molecular formula is C35H37FeN3O3. The van der Waals surface area contributed by atoms with Crippen LogP contribution in [0.5, 0.6) is 5.75 Å². The molecule has 1 saturated heterocycles. The first-order valence-electron chi connectivity index (χ1n) is 14.4. The molecule has 0 saturated carbocycles. The van der Waals surface area contributed by atoms with E-state index in [0.29, 0.717) is 0 Å². The fourth-order valence-electron chi connectivity index (χ4n) is 5.72. The Morgan fingerprint density at radius 1 is 0.857 bits per heavy atom. The molecule has 0 spiro atoms. The zero-order valence-corrected chi connectivity index (χ0v) is 24.8. The third-order valence-corrected chi connectivity index (χ3v) is 7.89. The number of non-ortho nitro benzene ring substituents is 1. The number of piperazine rings is 1. The molecule has 1 unspecified atom stereocenters. The Labute approximate surface area is 258 Å². The molecule has 5 aromatic carbocycles. The van der Waals surface area contributed by atoms with Gasteiger partial charge in [0, 0.05) is 43.9 Å². The van der Waals surface area contributed by atoms with Gasteiger partial charge in [-0.1, -0.05) is 55.3 Å². The predicted molar refractivity (Wildman–Crippen MR) is 166 cm³/mol. The van der Waals surface area contributed by atoms with Crippen molar-refractivity contribution in [3.63, 3.8) is 0 Å². The molecule has 0 aliphatic carbocycles. The van der Waals surface area contributed by atoms with Crippen LogP contribution in [-0.2, 0) is 23.5 Å². The monoisotopic (exact) mass is 603 g/mol. The second-order valence-corrected chi connectivity index (χ2v) is 10.6. The van der Waals surface area contributed by atoms with E-state index >= 15 is 0 Å². The Bertz CT molecular complexity index is 1480. The van der Waals surface area contributed by atoms with Crippen molar-refractivity contribution in [2.75, 3.05) is 32.7 Å². The second-order valence-electron chi connectivity index (χ2n) is 10.6. The molecule has 0 bridgehead atoms. The van der Waals surface area contributed by atoms with Gasteiger partial charge in [-0.3, -0.25) is 15.0 Å². The molecule has 0 amide bonds. The summed E-state index contributed by atoms with van der Waals surface area (Å²) in [5.41, 5.74) is 3.31. The van der Waals surface area contributed by atoms with E-state index < -0.39 is 0 Å². The number of unbranched alkanes of at least 4 members (excludes halogenated alkanes) is 1. The standard InChI is InChI=1S/C30H32N3O3.C5H5.Fe/c34-28-17-14-24-10-3-4-11-27(24)29(28)30(25-12-15-26(16-13-25)33(35)36)32-21-19-31(20-22-32)18-6-5-9-23-7-1-2-8-23;1-2-4-5-3-1;/h1-4,7-8,10-17,30,34H,5-6,9,18-22H2;1-5H;/q2*-1;+2. The van der Waals surface area contributed by atoms with Gasteiger partial charge in [-0.05, 0) is 35.4 Å². The Balaban J connectivity index is 0.000000612.